The van der Waals surface area contributed by atoms with Gasteiger partial charge in [-0.2, -0.15) is 18.3 Å². The van der Waals surface area contributed by atoms with Crippen molar-refractivity contribution in [3.63, 3.8) is 0 Å². The molecule has 142 valence electrons. The number of alkyl halides is 3. The molecular weight excluding hydrogens is 343 g/mol. The summed E-state index contributed by atoms with van der Waals surface area (Å²) in [6.45, 7) is 4.62. The second-order valence-corrected chi connectivity index (χ2v) is 6.32. The summed E-state index contributed by atoms with van der Waals surface area (Å²) < 4.78 is 44.0. The highest BCUT2D eigenvalue weighted by Gasteiger charge is 2.30. The lowest BCUT2D eigenvalue weighted by Crippen LogP contribution is -2.36. The van der Waals surface area contributed by atoms with Crippen LogP contribution in [0.25, 0.3) is 0 Å². The average molecular weight is 367 g/mol. The Labute approximate surface area is 152 Å². The first kappa shape index (κ1) is 19.9. The summed E-state index contributed by atoms with van der Waals surface area (Å²) >= 11 is 0. The molecule has 0 radical (unpaired) electrons. The van der Waals surface area contributed by atoms with Crippen LogP contribution in [0.5, 0.6) is 5.75 Å². The molecule has 7 heteroatoms. The molecule has 2 rings (SSSR count). The van der Waals surface area contributed by atoms with Crippen molar-refractivity contribution in [2.45, 2.75) is 38.5 Å². The van der Waals surface area contributed by atoms with Gasteiger partial charge in [-0.3, -0.25) is 5.01 Å². The lowest BCUT2D eigenvalue weighted by atomic mass is 10.0. The van der Waals surface area contributed by atoms with Crippen LogP contribution in [0.15, 0.2) is 53.4 Å². The standard InChI is InChI=1S/C19H24F3N3O/c1-4-12-18(2,14-24-25(3)17-7-5-6-13-23-17)26-16-10-8-15(9-11-16)19(20,21)22/h5-11,14,23H,4,12-13H2,1-3H3/b24-14+. The molecule has 1 N–H and O–H groups in total. The van der Waals surface area contributed by atoms with Crippen LogP contribution < -0.4 is 10.1 Å². The molecule has 1 aromatic rings. The number of allylic oxidation sites excluding steroid dienone is 2. The quantitative estimate of drug-likeness (QED) is 0.567. The van der Waals surface area contributed by atoms with E-state index in [-0.39, 0.29) is 0 Å². The molecule has 0 spiro atoms. The maximum Gasteiger partial charge on any atom is 0.416 e. The van der Waals surface area contributed by atoms with E-state index in [1.807, 2.05) is 39.1 Å². The summed E-state index contributed by atoms with van der Waals surface area (Å²) in [5.41, 5.74) is -1.42. The van der Waals surface area contributed by atoms with E-state index in [0.717, 1.165) is 30.9 Å². The van der Waals surface area contributed by atoms with Gasteiger partial charge < -0.3 is 10.1 Å². The first-order chi connectivity index (χ1) is 12.2. The van der Waals surface area contributed by atoms with E-state index >= 15 is 0 Å². The molecule has 0 bridgehead atoms. The monoisotopic (exact) mass is 367 g/mol. The number of halogens is 3. The predicted molar refractivity (Wildman–Crippen MR) is 96.9 cm³/mol. The molecular formula is C19H24F3N3O. The SMILES string of the molecule is CCCC(C)(/C=N/N(C)C1=CC=CCN1)Oc1ccc(C(F)(F)F)cc1. The van der Waals surface area contributed by atoms with Crippen LogP contribution in [-0.2, 0) is 6.18 Å². The molecule has 1 aromatic carbocycles. The summed E-state index contributed by atoms with van der Waals surface area (Å²) in [5.74, 6) is 1.23. The van der Waals surface area contributed by atoms with Gasteiger partial charge in [-0.05, 0) is 43.7 Å². The van der Waals surface area contributed by atoms with Gasteiger partial charge in [-0.25, -0.2) is 0 Å². The van der Waals surface area contributed by atoms with E-state index in [0.29, 0.717) is 12.2 Å². The zero-order valence-electron chi connectivity index (χ0n) is 15.2. The third-order valence-electron chi connectivity index (χ3n) is 3.92. The maximum absolute atomic E-state index is 12.7. The maximum atomic E-state index is 12.7. The van der Waals surface area contributed by atoms with E-state index in [9.17, 15) is 13.2 Å². The number of hydrazone groups is 1. The van der Waals surface area contributed by atoms with Crippen LogP contribution in [0.3, 0.4) is 0 Å². The van der Waals surface area contributed by atoms with Crippen molar-refractivity contribution in [3.05, 3.63) is 53.9 Å². The number of nitrogens with zero attached hydrogens (tertiary/aromatic N) is 2. The molecule has 0 fully saturated rings. The Morgan fingerprint density at radius 2 is 1.96 bits per heavy atom. The van der Waals surface area contributed by atoms with Gasteiger partial charge in [0.2, 0.25) is 0 Å². The van der Waals surface area contributed by atoms with Crippen molar-refractivity contribution in [2.24, 2.45) is 5.10 Å². The first-order valence-electron chi connectivity index (χ1n) is 8.49. The summed E-state index contributed by atoms with van der Waals surface area (Å²) in [5, 5.41) is 9.33. The van der Waals surface area contributed by atoms with Crippen LogP contribution in [-0.4, -0.2) is 30.4 Å². The summed E-state index contributed by atoms with van der Waals surface area (Å²) in [4.78, 5) is 0. The fraction of sp³-hybridized carbons (Fsp3) is 0.421. The molecule has 0 aliphatic carbocycles. The van der Waals surface area contributed by atoms with Gasteiger partial charge in [0.25, 0.3) is 0 Å². The molecule has 1 unspecified atom stereocenters. The van der Waals surface area contributed by atoms with Gasteiger partial charge in [0.1, 0.15) is 17.2 Å². The Hall–Kier alpha value is -2.44. The van der Waals surface area contributed by atoms with Crippen molar-refractivity contribution in [2.75, 3.05) is 13.6 Å². The Kier molecular flexibility index (Phi) is 6.34. The van der Waals surface area contributed by atoms with Crippen LogP contribution in [0, 0.1) is 0 Å². The van der Waals surface area contributed by atoms with Gasteiger partial charge in [0.05, 0.1) is 11.8 Å². The van der Waals surface area contributed by atoms with E-state index in [1.165, 1.54) is 12.1 Å². The Bertz CT molecular complexity index is 680. The Balaban J connectivity index is 2.11. The minimum atomic E-state index is -4.36. The normalized spacial score (nSPS) is 16.8. The van der Waals surface area contributed by atoms with Crippen LogP contribution in [0.4, 0.5) is 13.2 Å². The van der Waals surface area contributed by atoms with Crippen LogP contribution >= 0.6 is 0 Å². The molecule has 1 heterocycles. The molecule has 1 aliphatic heterocycles. The molecule has 26 heavy (non-hydrogen) atoms. The predicted octanol–water partition coefficient (Wildman–Crippen LogP) is 4.56. The van der Waals surface area contributed by atoms with E-state index in [4.69, 9.17) is 4.74 Å². The summed E-state index contributed by atoms with van der Waals surface area (Å²) in [7, 11) is 1.82. The lowest BCUT2D eigenvalue weighted by molar-refractivity contribution is -0.137. The molecule has 0 amide bonds. The highest BCUT2D eigenvalue weighted by atomic mass is 19.4. The first-order valence-corrected chi connectivity index (χ1v) is 8.49. The smallest absolute Gasteiger partial charge is 0.416 e. The van der Waals surface area contributed by atoms with Gasteiger partial charge in [0.15, 0.2) is 0 Å². The molecule has 0 saturated heterocycles. The van der Waals surface area contributed by atoms with Crippen molar-refractivity contribution in [1.29, 1.82) is 0 Å². The van der Waals surface area contributed by atoms with Gasteiger partial charge in [-0.15, -0.1) is 0 Å². The number of nitrogens with one attached hydrogen (secondary N) is 1. The number of hydrogen-bond acceptors (Lipinski definition) is 4. The number of benzene rings is 1. The third kappa shape index (κ3) is 5.54. The summed E-state index contributed by atoms with van der Waals surface area (Å²) in [6.07, 6.45) is 4.71. The largest absolute Gasteiger partial charge is 0.482 e. The Morgan fingerprint density at radius 3 is 2.50 bits per heavy atom. The van der Waals surface area contributed by atoms with E-state index < -0.39 is 17.3 Å². The number of hydrogen-bond donors (Lipinski definition) is 1. The number of rotatable bonds is 7. The third-order valence-corrected chi connectivity index (χ3v) is 3.92. The molecule has 1 atom stereocenters. The van der Waals surface area contributed by atoms with Crippen LogP contribution in [0.1, 0.15) is 32.3 Å². The fourth-order valence-corrected chi connectivity index (χ4v) is 2.56. The van der Waals surface area contributed by atoms with Gasteiger partial charge >= 0.3 is 6.18 Å². The second kappa shape index (κ2) is 8.29. The molecule has 1 aliphatic rings. The highest BCUT2D eigenvalue weighted by Crippen LogP contribution is 2.31. The summed E-state index contributed by atoms with van der Waals surface area (Å²) in [6, 6.07) is 4.72. The second-order valence-electron chi connectivity index (χ2n) is 6.32. The number of ether oxygens (including phenoxy) is 1. The Morgan fingerprint density at radius 1 is 1.27 bits per heavy atom. The van der Waals surface area contributed by atoms with Crippen molar-refractivity contribution >= 4 is 6.21 Å². The zero-order valence-corrected chi connectivity index (χ0v) is 15.2. The van der Waals surface area contributed by atoms with Crippen molar-refractivity contribution in [3.8, 4) is 5.75 Å². The minimum absolute atomic E-state index is 0.376. The van der Waals surface area contributed by atoms with E-state index in [2.05, 4.69) is 10.4 Å². The lowest BCUT2D eigenvalue weighted by Gasteiger charge is -2.28. The number of dihydropyridines is 1. The van der Waals surface area contributed by atoms with Crippen LogP contribution in [0.2, 0.25) is 0 Å². The van der Waals surface area contributed by atoms with Gasteiger partial charge in [0, 0.05) is 13.6 Å². The average Bonchev–Trinajstić information content (AvgIpc) is 2.60. The van der Waals surface area contributed by atoms with Gasteiger partial charge in [-0.1, -0.05) is 25.5 Å². The van der Waals surface area contributed by atoms with Crippen molar-refractivity contribution in [1.82, 2.24) is 10.3 Å². The zero-order chi connectivity index (χ0) is 19.2. The molecule has 4 nitrogen and oxygen atoms in total. The van der Waals surface area contributed by atoms with E-state index in [1.54, 1.807) is 11.2 Å². The fourth-order valence-electron chi connectivity index (χ4n) is 2.56. The highest BCUT2D eigenvalue weighted by molar-refractivity contribution is 5.68. The molecule has 0 aromatic heterocycles. The minimum Gasteiger partial charge on any atom is -0.482 e. The van der Waals surface area contributed by atoms with Crippen molar-refractivity contribution < 1.29 is 17.9 Å². The molecule has 0 saturated carbocycles. The topological polar surface area (TPSA) is 36.9 Å².